The number of nitrogens with zero attached hydrogens (tertiary/aromatic N) is 2. The summed E-state index contributed by atoms with van der Waals surface area (Å²) in [4.78, 5) is 0. The number of hydrogen-bond acceptors (Lipinski definition) is 4. The van der Waals surface area contributed by atoms with Crippen molar-refractivity contribution in [3.8, 4) is 0 Å². The number of ether oxygens (including phenoxy) is 1. The van der Waals surface area contributed by atoms with Crippen molar-refractivity contribution >= 4 is 10.2 Å². The molecular formula is C10H22N2O4S. The van der Waals surface area contributed by atoms with Gasteiger partial charge in [0.2, 0.25) is 0 Å². The van der Waals surface area contributed by atoms with Gasteiger partial charge in [0.25, 0.3) is 10.2 Å². The Bertz CT molecular complexity index is 342. The molecule has 0 atom stereocenters. The van der Waals surface area contributed by atoms with E-state index in [0.29, 0.717) is 32.7 Å². The molecule has 0 amide bonds. The summed E-state index contributed by atoms with van der Waals surface area (Å²) in [7, 11) is -1.89. The summed E-state index contributed by atoms with van der Waals surface area (Å²) in [5.74, 6) is 0. The molecule has 1 saturated heterocycles. The highest BCUT2D eigenvalue weighted by atomic mass is 32.2. The monoisotopic (exact) mass is 266 g/mol. The lowest BCUT2D eigenvalue weighted by Gasteiger charge is -2.38. The molecule has 0 aromatic carbocycles. The van der Waals surface area contributed by atoms with Gasteiger partial charge in [0, 0.05) is 33.3 Å². The van der Waals surface area contributed by atoms with E-state index >= 15 is 0 Å². The third-order valence-electron chi connectivity index (χ3n) is 2.74. The predicted octanol–water partition coefficient (Wildman–Crippen LogP) is -0.344. The Morgan fingerprint density at radius 1 is 1.47 bits per heavy atom. The average molecular weight is 266 g/mol. The molecule has 7 heteroatoms. The highest BCUT2D eigenvalue weighted by Gasteiger charge is 2.35. The summed E-state index contributed by atoms with van der Waals surface area (Å²) in [6.45, 7) is 5.24. The van der Waals surface area contributed by atoms with Crippen LogP contribution in [0.25, 0.3) is 0 Å². The fraction of sp³-hybridized carbons (Fsp3) is 1.00. The minimum absolute atomic E-state index is 0.00549. The van der Waals surface area contributed by atoms with Crippen molar-refractivity contribution in [1.82, 2.24) is 8.61 Å². The van der Waals surface area contributed by atoms with E-state index in [1.165, 1.54) is 15.7 Å². The van der Waals surface area contributed by atoms with Crippen LogP contribution in [0.1, 0.15) is 20.3 Å². The smallest absolute Gasteiger partial charge is 0.281 e. The van der Waals surface area contributed by atoms with Gasteiger partial charge in [0.05, 0.1) is 12.2 Å². The third-order valence-corrected chi connectivity index (χ3v) is 4.68. The van der Waals surface area contributed by atoms with Crippen molar-refractivity contribution in [2.75, 3.05) is 39.9 Å². The largest absolute Gasteiger partial charge is 0.396 e. The second kappa shape index (κ2) is 5.62. The lowest BCUT2D eigenvalue weighted by Crippen LogP contribution is -2.54. The Labute approximate surface area is 103 Å². The van der Waals surface area contributed by atoms with E-state index in [1.807, 2.05) is 13.8 Å². The van der Waals surface area contributed by atoms with Crippen molar-refractivity contribution in [2.24, 2.45) is 0 Å². The molecule has 6 nitrogen and oxygen atoms in total. The molecular weight excluding hydrogens is 244 g/mol. The van der Waals surface area contributed by atoms with E-state index in [-0.39, 0.29) is 6.61 Å². The average Bonchev–Trinajstić information content (AvgIpc) is 2.24. The Morgan fingerprint density at radius 2 is 2.12 bits per heavy atom. The molecule has 0 aromatic rings. The topological polar surface area (TPSA) is 70.1 Å². The van der Waals surface area contributed by atoms with Gasteiger partial charge in [-0.25, -0.2) is 0 Å². The van der Waals surface area contributed by atoms with Gasteiger partial charge in [0.15, 0.2) is 0 Å². The normalized spacial score (nSPS) is 21.9. The standard InChI is InChI=1S/C10H22N2O4S/c1-10(2)9-12(6-8-16-10)17(14,15)11(3)5-4-7-13/h13H,4-9H2,1-3H3. The van der Waals surface area contributed by atoms with Crippen LogP contribution in [-0.2, 0) is 14.9 Å². The second-order valence-corrected chi connectivity index (χ2v) is 6.88. The first kappa shape index (κ1) is 14.8. The highest BCUT2D eigenvalue weighted by molar-refractivity contribution is 7.86. The maximum absolute atomic E-state index is 12.2. The summed E-state index contributed by atoms with van der Waals surface area (Å²) in [5, 5.41) is 8.72. The first-order chi connectivity index (χ1) is 7.79. The number of hydrogen-bond donors (Lipinski definition) is 1. The third kappa shape index (κ3) is 3.89. The molecule has 0 bridgehead atoms. The van der Waals surface area contributed by atoms with E-state index < -0.39 is 15.8 Å². The molecule has 0 saturated carbocycles. The Kier molecular flexibility index (Phi) is 4.91. The van der Waals surface area contributed by atoms with Crippen LogP contribution < -0.4 is 0 Å². The lowest BCUT2D eigenvalue weighted by atomic mass is 10.1. The molecule has 17 heavy (non-hydrogen) atoms. The minimum Gasteiger partial charge on any atom is -0.396 e. The summed E-state index contributed by atoms with van der Waals surface area (Å²) in [5.41, 5.74) is -0.441. The van der Waals surface area contributed by atoms with E-state index in [0.717, 1.165) is 0 Å². The number of aliphatic hydroxyl groups is 1. The number of rotatable bonds is 5. The zero-order chi connectivity index (χ0) is 13.1. The fourth-order valence-corrected chi connectivity index (χ4v) is 3.31. The molecule has 102 valence electrons. The molecule has 1 aliphatic heterocycles. The number of morpholine rings is 1. The van der Waals surface area contributed by atoms with Gasteiger partial charge in [-0.05, 0) is 20.3 Å². The summed E-state index contributed by atoms with van der Waals surface area (Å²) in [6.07, 6.45) is 0.448. The molecule has 0 unspecified atom stereocenters. The van der Waals surface area contributed by atoms with Crippen LogP contribution in [0.2, 0.25) is 0 Å². The summed E-state index contributed by atoms with van der Waals surface area (Å²) in [6, 6.07) is 0. The maximum Gasteiger partial charge on any atom is 0.281 e. The van der Waals surface area contributed by atoms with Gasteiger partial charge in [-0.1, -0.05) is 0 Å². The number of aliphatic hydroxyl groups excluding tert-OH is 1. The summed E-state index contributed by atoms with van der Waals surface area (Å²) >= 11 is 0. The second-order valence-electron chi connectivity index (χ2n) is 4.85. The SMILES string of the molecule is CN(CCCO)S(=O)(=O)N1CCOC(C)(C)C1. The van der Waals surface area contributed by atoms with Crippen LogP contribution in [0, 0.1) is 0 Å². The predicted molar refractivity (Wildman–Crippen MR) is 64.9 cm³/mol. The van der Waals surface area contributed by atoms with Crippen LogP contribution in [0.5, 0.6) is 0 Å². The molecule has 0 spiro atoms. The van der Waals surface area contributed by atoms with E-state index in [2.05, 4.69) is 0 Å². The van der Waals surface area contributed by atoms with Gasteiger partial charge in [-0.15, -0.1) is 0 Å². The molecule has 1 rings (SSSR count). The molecule has 0 aliphatic carbocycles. The van der Waals surface area contributed by atoms with E-state index in [9.17, 15) is 8.42 Å². The molecule has 1 fully saturated rings. The Morgan fingerprint density at radius 3 is 2.65 bits per heavy atom. The van der Waals surface area contributed by atoms with Gasteiger partial charge in [-0.3, -0.25) is 0 Å². The first-order valence-corrected chi connectivity index (χ1v) is 7.15. The van der Waals surface area contributed by atoms with Crippen LogP contribution in [0.4, 0.5) is 0 Å². The van der Waals surface area contributed by atoms with Crippen LogP contribution >= 0.6 is 0 Å². The van der Waals surface area contributed by atoms with Crippen LogP contribution in [0.15, 0.2) is 0 Å². The van der Waals surface area contributed by atoms with Gasteiger partial charge < -0.3 is 9.84 Å². The quantitative estimate of drug-likeness (QED) is 0.739. The van der Waals surface area contributed by atoms with Crippen molar-refractivity contribution < 1.29 is 18.3 Å². The summed E-state index contributed by atoms with van der Waals surface area (Å²) < 4.78 is 32.6. The van der Waals surface area contributed by atoms with Gasteiger partial charge in [-0.2, -0.15) is 17.0 Å². The highest BCUT2D eigenvalue weighted by Crippen LogP contribution is 2.20. The van der Waals surface area contributed by atoms with Crippen LogP contribution in [-0.4, -0.2) is 67.6 Å². The lowest BCUT2D eigenvalue weighted by molar-refractivity contribution is -0.0651. The first-order valence-electron chi connectivity index (χ1n) is 5.76. The van der Waals surface area contributed by atoms with Crippen molar-refractivity contribution in [1.29, 1.82) is 0 Å². The van der Waals surface area contributed by atoms with Crippen molar-refractivity contribution in [2.45, 2.75) is 25.9 Å². The van der Waals surface area contributed by atoms with Gasteiger partial charge >= 0.3 is 0 Å². The van der Waals surface area contributed by atoms with E-state index in [1.54, 1.807) is 0 Å². The molecule has 1 aliphatic rings. The zero-order valence-electron chi connectivity index (χ0n) is 10.7. The molecule has 1 N–H and O–H groups in total. The fourth-order valence-electron chi connectivity index (χ4n) is 1.78. The molecule has 1 heterocycles. The van der Waals surface area contributed by atoms with Gasteiger partial charge in [0.1, 0.15) is 0 Å². The molecule has 0 aromatic heterocycles. The molecule has 0 radical (unpaired) electrons. The Hall–Kier alpha value is -0.210. The maximum atomic E-state index is 12.2. The Balaban J connectivity index is 2.69. The van der Waals surface area contributed by atoms with Crippen LogP contribution in [0.3, 0.4) is 0 Å². The zero-order valence-corrected chi connectivity index (χ0v) is 11.5. The van der Waals surface area contributed by atoms with E-state index in [4.69, 9.17) is 9.84 Å². The minimum atomic E-state index is -3.43. The van der Waals surface area contributed by atoms with Crippen molar-refractivity contribution in [3.05, 3.63) is 0 Å². The van der Waals surface area contributed by atoms with Crippen molar-refractivity contribution in [3.63, 3.8) is 0 Å².